The lowest BCUT2D eigenvalue weighted by molar-refractivity contribution is 0.0847. The van der Waals surface area contributed by atoms with Gasteiger partial charge in [-0.05, 0) is 70.6 Å². The highest BCUT2D eigenvalue weighted by atomic mass is 15.2. The van der Waals surface area contributed by atoms with Crippen molar-refractivity contribution in [1.29, 1.82) is 0 Å². The molecule has 3 heteroatoms. The molecule has 3 unspecified atom stereocenters. The standard InChI is InChI=1S/C17H33N3/c1-14(2)11-15-13-20(9-4-7-18-15)17-6-10-19-8-3-5-16(19)12-17/h14-18H,3-13H2,1-2H3. The second-order valence-corrected chi connectivity index (χ2v) is 7.64. The van der Waals surface area contributed by atoms with Crippen molar-refractivity contribution in [2.45, 2.75) is 70.5 Å². The zero-order valence-corrected chi connectivity index (χ0v) is 13.5. The molecule has 0 saturated carbocycles. The summed E-state index contributed by atoms with van der Waals surface area (Å²) >= 11 is 0. The fourth-order valence-corrected chi connectivity index (χ4v) is 4.62. The summed E-state index contributed by atoms with van der Waals surface area (Å²) in [4.78, 5) is 5.58. The van der Waals surface area contributed by atoms with E-state index in [0.717, 1.165) is 24.0 Å². The van der Waals surface area contributed by atoms with Crippen LogP contribution in [0, 0.1) is 5.92 Å². The highest BCUT2D eigenvalue weighted by Crippen LogP contribution is 2.30. The van der Waals surface area contributed by atoms with E-state index in [1.54, 1.807) is 0 Å². The van der Waals surface area contributed by atoms with E-state index in [0.29, 0.717) is 0 Å². The van der Waals surface area contributed by atoms with Crippen LogP contribution in [-0.2, 0) is 0 Å². The van der Waals surface area contributed by atoms with Crippen LogP contribution in [0.1, 0.15) is 52.4 Å². The van der Waals surface area contributed by atoms with Gasteiger partial charge < -0.3 is 10.2 Å². The maximum Gasteiger partial charge on any atom is 0.0197 e. The first-order chi connectivity index (χ1) is 9.72. The number of piperidine rings is 1. The molecule has 116 valence electrons. The van der Waals surface area contributed by atoms with Crippen LogP contribution < -0.4 is 5.32 Å². The van der Waals surface area contributed by atoms with Gasteiger partial charge in [0.2, 0.25) is 0 Å². The highest BCUT2D eigenvalue weighted by molar-refractivity contribution is 4.92. The molecule has 0 radical (unpaired) electrons. The molecule has 0 aliphatic carbocycles. The third-order valence-corrected chi connectivity index (χ3v) is 5.58. The first kappa shape index (κ1) is 14.8. The van der Waals surface area contributed by atoms with Gasteiger partial charge in [-0.2, -0.15) is 0 Å². The van der Waals surface area contributed by atoms with Crippen LogP contribution >= 0.6 is 0 Å². The van der Waals surface area contributed by atoms with E-state index in [-0.39, 0.29) is 0 Å². The van der Waals surface area contributed by atoms with Crippen molar-refractivity contribution in [2.24, 2.45) is 5.92 Å². The second kappa shape index (κ2) is 6.76. The molecule has 3 rings (SSSR count). The molecule has 1 N–H and O–H groups in total. The average molecular weight is 279 g/mol. The molecular weight excluding hydrogens is 246 g/mol. The van der Waals surface area contributed by atoms with Gasteiger partial charge in [0, 0.05) is 24.7 Å². The van der Waals surface area contributed by atoms with E-state index in [4.69, 9.17) is 0 Å². The molecule has 3 heterocycles. The van der Waals surface area contributed by atoms with Gasteiger partial charge >= 0.3 is 0 Å². The number of hydrogen-bond acceptors (Lipinski definition) is 3. The summed E-state index contributed by atoms with van der Waals surface area (Å²) in [6, 6.07) is 2.50. The monoisotopic (exact) mass is 279 g/mol. The van der Waals surface area contributed by atoms with Crippen LogP contribution in [0.25, 0.3) is 0 Å². The molecule has 0 aromatic rings. The Morgan fingerprint density at radius 1 is 1.00 bits per heavy atom. The maximum atomic E-state index is 3.78. The van der Waals surface area contributed by atoms with Crippen molar-refractivity contribution in [1.82, 2.24) is 15.1 Å². The Morgan fingerprint density at radius 3 is 2.65 bits per heavy atom. The summed E-state index contributed by atoms with van der Waals surface area (Å²) in [5.74, 6) is 0.809. The van der Waals surface area contributed by atoms with Crippen LogP contribution in [0.5, 0.6) is 0 Å². The fourth-order valence-electron chi connectivity index (χ4n) is 4.62. The van der Waals surface area contributed by atoms with E-state index < -0.39 is 0 Å². The molecule has 0 bridgehead atoms. The van der Waals surface area contributed by atoms with Gasteiger partial charge in [-0.15, -0.1) is 0 Å². The Labute approximate surface area is 125 Å². The van der Waals surface area contributed by atoms with Gasteiger partial charge in [0.1, 0.15) is 0 Å². The lowest BCUT2D eigenvalue weighted by Gasteiger charge is -2.41. The average Bonchev–Trinajstić information content (AvgIpc) is 2.77. The first-order valence-corrected chi connectivity index (χ1v) is 8.94. The van der Waals surface area contributed by atoms with Gasteiger partial charge in [0.25, 0.3) is 0 Å². The van der Waals surface area contributed by atoms with Crippen LogP contribution in [0.4, 0.5) is 0 Å². The molecule has 3 nitrogen and oxygen atoms in total. The third kappa shape index (κ3) is 3.55. The number of nitrogens with one attached hydrogen (secondary N) is 1. The molecule has 3 aliphatic rings. The van der Waals surface area contributed by atoms with Gasteiger partial charge in [0.05, 0.1) is 0 Å². The summed E-state index contributed by atoms with van der Waals surface area (Å²) in [7, 11) is 0. The predicted octanol–water partition coefficient (Wildman–Crippen LogP) is 2.32. The van der Waals surface area contributed by atoms with E-state index in [1.807, 2.05) is 0 Å². The summed E-state index contributed by atoms with van der Waals surface area (Å²) < 4.78 is 0. The largest absolute Gasteiger partial charge is 0.313 e. The molecule has 20 heavy (non-hydrogen) atoms. The first-order valence-electron chi connectivity index (χ1n) is 8.94. The van der Waals surface area contributed by atoms with Gasteiger partial charge in [-0.1, -0.05) is 13.8 Å². The van der Waals surface area contributed by atoms with Gasteiger partial charge in [0.15, 0.2) is 0 Å². The lowest BCUT2D eigenvalue weighted by atomic mass is 9.95. The van der Waals surface area contributed by atoms with Crippen molar-refractivity contribution in [3.05, 3.63) is 0 Å². The fraction of sp³-hybridized carbons (Fsp3) is 1.00. The maximum absolute atomic E-state index is 3.78. The SMILES string of the molecule is CC(C)CC1CN(C2CCN3CCCC3C2)CCCN1. The van der Waals surface area contributed by atoms with Crippen LogP contribution in [0.3, 0.4) is 0 Å². The molecule has 0 aromatic carbocycles. The van der Waals surface area contributed by atoms with E-state index >= 15 is 0 Å². The zero-order chi connectivity index (χ0) is 13.9. The topological polar surface area (TPSA) is 18.5 Å². The zero-order valence-electron chi connectivity index (χ0n) is 13.5. The number of nitrogens with zero attached hydrogens (tertiary/aromatic N) is 2. The van der Waals surface area contributed by atoms with Crippen molar-refractivity contribution in [3.63, 3.8) is 0 Å². The van der Waals surface area contributed by atoms with Crippen molar-refractivity contribution < 1.29 is 0 Å². The van der Waals surface area contributed by atoms with Crippen molar-refractivity contribution in [2.75, 3.05) is 32.7 Å². The third-order valence-electron chi connectivity index (χ3n) is 5.58. The molecule has 3 aliphatic heterocycles. The quantitative estimate of drug-likeness (QED) is 0.855. The Hall–Kier alpha value is -0.120. The lowest BCUT2D eigenvalue weighted by Crippen LogP contribution is -2.50. The summed E-state index contributed by atoms with van der Waals surface area (Å²) in [6.07, 6.45) is 8.41. The Kier molecular flexibility index (Phi) is 5.00. The normalized spacial score (nSPS) is 37.0. The Bertz CT molecular complexity index is 305. The summed E-state index contributed by atoms with van der Waals surface area (Å²) in [5, 5.41) is 3.78. The van der Waals surface area contributed by atoms with Gasteiger partial charge in [-0.3, -0.25) is 4.90 Å². The second-order valence-electron chi connectivity index (χ2n) is 7.64. The molecule has 3 atom stereocenters. The molecule has 0 spiro atoms. The minimum Gasteiger partial charge on any atom is -0.313 e. The van der Waals surface area contributed by atoms with Crippen molar-refractivity contribution >= 4 is 0 Å². The van der Waals surface area contributed by atoms with Crippen LogP contribution in [0.15, 0.2) is 0 Å². The minimum atomic E-state index is 0.721. The molecule has 0 aromatic heterocycles. The van der Waals surface area contributed by atoms with Crippen LogP contribution in [0.2, 0.25) is 0 Å². The van der Waals surface area contributed by atoms with E-state index in [1.165, 1.54) is 71.2 Å². The molecular formula is C17H33N3. The summed E-state index contributed by atoms with van der Waals surface area (Å²) in [5.41, 5.74) is 0. The number of hydrogen-bond donors (Lipinski definition) is 1. The van der Waals surface area contributed by atoms with E-state index in [9.17, 15) is 0 Å². The van der Waals surface area contributed by atoms with Gasteiger partial charge in [-0.25, -0.2) is 0 Å². The molecule has 3 saturated heterocycles. The number of rotatable bonds is 3. The smallest absolute Gasteiger partial charge is 0.0197 e. The van der Waals surface area contributed by atoms with Crippen molar-refractivity contribution in [3.8, 4) is 0 Å². The predicted molar refractivity (Wildman–Crippen MR) is 85.1 cm³/mol. The number of fused-ring (bicyclic) bond motifs is 1. The van der Waals surface area contributed by atoms with Crippen LogP contribution in [-0.4, -0.2) is 60.6 Å². The van der Waals surface area contributed by atoms with E-state index in [2.05, 4.69) is 29.0 Å². The minimum absolute atomic E-state index is 0.721. The Balaban J connectivity index is 1.57. The Morgan fingerprint density at radius 2 is 1.80 bits per heavy atom. The molecule has 3 fully saturated rings. The molecule has 0 amide bonds. The summed E-state index contributed by atoms with van der Waals surface area (Å²) in [6.45, 7) is 11.3. The highest BCUT2D eigenvalue weighted by Gasteiger charge is 2.35.